The highest BCUT2D eigenvalue weighted by Crippen LogP contribution is 2.25. The second-order valence-corrected chi connectivity index (χ2v) is 10.6. The maximum atomic E-state index is 13.1. The molecule has 1 aromatic carbocycles. The molecule has 0 aliphatic carbocycles. The van der Waals surface area contributed by atoms with Crippen molar-refractivity contribution in [1.29, 1.82) is 0 Å². The minimum Gasteiger partial charge on any atom is -0.619 e. The Balaban J connectivity index is 1.26. The number of carbonyl (C=O) groups is 1. The van der Waals surface area contributed by atoms with Gasteiger partial charge in [-0.2, -0.15) is 9.04 Å². The van der Waals surface area contributed by atoms with Gasteiger partial charge in [0.2, 0.25) is 5.82 Å². The normalized spacial score (nSPS) is 15.0. The number of aromatic amines is 1. The van der Waals surface area contributed by atoms with Crippen molar-refractivity contribution in [3.63, 3.8) is 0 Å². The molecule has 0 atom stereocenters. The van der Waals surface area contributed by atoms with Gasteiger partial charge in [-0.1, -0.05) is 11.6 Å². The summed E-state index contributed by atoms with van der Waals surface area (Å²) in [7, 11) is -3.75. The summed E-state index contributed by atoms with van der Waals surface area (Å²) in [6.07, 6.45) is 4.47. The summed E-state index contributed by atoms with van der Waals surface area (Å²) in [5.74, 6) is -0.334. The first kappa shape index (κ1) is 23.2. The van der Waals surface area contributed by atoms with Gasteiger partial charge in [0, 0.05) is 79.1 Å². The van der Waals surface area contributed by atoms with Gasteiger partial charge in [0.1, 0.15) is 5.03 Å². The van der Waals surface area contributed by atoms with Crippen LogP contribution >= 0.6 is 11.6 Å². The van der Waals surface area contributed by atoms with Crippen molar-refractivity contribution in [3.05, 3.63) is 76.7 Å². The molecule has 1 amide bonds. The number of hydrogen-bond acceptors (Lipinski definition) is 6. The Morgan fingerprint density at radius 3 is 2.46 bits per heavy atom. The summed E-state index contributed by atoms with van der Waals surface area (Å²) in [5, 5.41) is 12.9. The molecule has 0 bridgehead atoms. The van der Waals surface area contributed by atoms with E-state index in [0.29, 0.717) is 27.2 Å². The van der Waals surface area contributed by atoms with Crippen molar-refractivity contribution in [2.75, 3.05) is 26.2 Å². The number of piperazine rings is 1. The molecule has 3 aromatic heterocycles. The molecule has 0 radical (unpaired) electrons. The molecule has 10 nitrogen and oxygen atoms in total. The molecule has 1 aliphatic rings. The van der Waals surface area contributed by atoms with Crippen LogP contribution in [0.15, 0.2) is 60.0 Å². The summed E-state index contributed by atoms with van der Waals surface area (Å²) in [6.45, 7) is 2.44. The molecular weight excluding hydrogens is 492 g/mol. The van der Waals surface area contributed by atoms with Crippen LogP contribution < -0.4 is 4.73 Å². The van der Waals surface area contributed by atoms with Gasteiger partial charge in [0.15, 0.2) is 11.9 Å². The standard InChI is InChI=1S/C23H21ClN6O4S/c1-15-10-16(4-5-30(15)32)18-13-25-22(26-14-18)23(31)28-6-8-29(9-7-28)35(33,34)21-12-17-11-19(24)2-3-20(17)27-21/h2-5,10-14,27H,6-9H2,1H3. The minimum absolute atomic E-state index is 0.0316. The summed E-state index contributed by atoms with van der Waals surface area (Å²) in [4.78, 5) is 25.8. The van der Waals surface area contributed by atoms with Crippen LogP contribution in [-0.2, 0) is 10.0 Å². The smallest absolute Gasteiger partial charge is 0.291 e. The van der Waals surface area contributed by atoms with Gasteiger partial charge in [-0.05, 0) is 29.8 Å². The highest BCUT2D eigenvalue weighted by molar-refractivity contribution is 7.89. The summed E-state index contributed by atoms with van der Waals surface area (Å²) < 4.78 is 28.3. The minimum atomic E-state index is -3.75. The number of nitrogens with zero attached hydrogens (tertiary/aromatic N) is 5. The van der Waals surface area contributed by atoms with Gasteiger partial charge in [-0.15, -0.1) is 0 Å². The number of carbonyl (C=O) groups excluding carboxylic acids is 1. The maximum absolute atomic E-state index is 13.1. The maximum Gasteiger partial charge on any atom is 0.291 e. The van der Waals surface area contributed by atoms with Crippen molar-refractivity contribution in [3.8, 4) is 11.1 Å². The molecule has 1 fully saturated rings. The predicted octanol–water partition coefficient (Wildman–Crippen LogP) is 2.37. The molecule has 12 heteroatoms. The molecule has 35 heavy (non-hydrogen) atoms. The van der Waals surface area contributed by atoms with E-state index in [2.05, 4.69) is 15.0 Å². The van der Waals surface area contributed by atoms with Crippen molar-refractivity contribution in [2.45, 2.75) is 11.9 Å². The second-order valence-electron chi connectivity index (χ2n) is 8.24. The third kappa shape index (κ3) is 4.45. The largest absolute Gasteiger partial charge is 0.619 e. The Hall–Kier alpha value is -3.54. The first-order valence-electron chi connectivity index (χ1n) is 10.8. The van der Waals surface area contributed by atoms with E-state index in [1.54, 1.807) is 48.2 Å². The Kier molecular flexibility index (Phi) is 5.91. The van der Waals surface area contributed by atoms with Crippen molar-refractivity contribution in [1.82, 2.24) is 24.2 Å². The Bertz CT molecular complexity index is 1530. The number of fused-ring (bicyclic) bond motifs is 1. The summed E-state index contributed by atoms with van der Waals surface area (Å²) >= 11 is 6.01. The molecule has 180 valence electrons. The van der Waals surface area contributed by atoms with E-state index >= 15 is 0 Å². The number of aryl methyl sites for hydroxylation is 1. The van der Waals surface area contributed by atoms with Crippen LogP contribution in [0.4, 0.5) is 0 Å². The van der Waals surface area contributed by atoms with Gasteiger partial charge < -0.3 is 15.1 Å². The lowest BCUT2D eigenvalue weighted by Gasteiger charge is -2.33. The van der Waals surface area contributed by atoms with Crippen LogP contribution in [0.5, 0.6) is 0 Å². The Morgan fingerprint density at radius 2 is 1.77 bits per heavy atom. The highest BCUT2D eigenvalue weighted by Gasteiger charge is 2.32. The van der Waals surface area contributed by atoms with E-state index in [9.17, 15) is 18.4 Å². The molecule has 1 aliphatic heterocycles. The Morgan fingerprint density at radius 1 is 1.06 bits per heavy atom. The first-order valence-corrected chi connectivity index (χ1v) is 12.6. The van der Waals surface area contributed by atoms with Gasteiger partial charge in [-0.3, -0.25) is 4.79 Å². The molecule has 5 rings (SSSR count). The van der Waals surface area contributed by atoms with Crippen LogP contribution in [0.25, 0.3) is 22.0 Å². The zero-order chi connectivity index (χ0) is 24.7. The number of benzene rings is 1. The number of rotatable bonds is 4. The van der Waals surface area contributed by atoms with E-state index in [0.717, 1.165) is 10.3 Å². The highest BCUT2D eigenvalue weighted by atomic mass is 35.5. The number of amides is 1. The zero-order valence-corrected chi connectivity index (χ0v) is 20.3. The monoisotopic (exact) mass is 512 g/mol. The fraction of sp³-hybridized carbons (Fsp3) is 0.217. The number of hydrogen-bond donors (Lipinski definition) is 1. The summed E-state index contributed by atoms with van der Waals surface area (Å²) in [5.41, 5.74) is 2.67. The molecule has 4 heterocycles. The van der Waals surface area contributed by atoms with Crippen molar-refractivity contribution < 1.29 is 17.9 Å². The molecular formula is C23H21ClN6O4S. The number of H-pyrrole nitrogens is 1. The topological polar surface area (TPSA) is 126 Å². The SMILES string of the molecule is Cc1cc(-c2cnc(C(=O)N3CCN(S(=O)(=O)c4cc5cc(Cl)ccc5[nH]4)CC3)nc2)cc[n+]1[O-]. The number of nitrogens with one attached hydrogen (secondary N) is 1. The van der Waals surface area contributed by atoms with Crippen molar-refractivity contribution >= 4 is 38.4 Å². The fourth-order valence-electron chi connectivity index (χ4n) is 4.00. The van der Waals surface area contributed by atoms with Crippen LogP contribution in [0.3, 0.4) is 0 Å². The number of aromatic nitrogens is 4. The van der Waals surface area contributed by atoms with E-state index in [1.165, 1.54) is 22.9 Å². The number of pyridine rings is 1. The van der Waals surface area contributed by atoms with Gasteiger partial charge in [0.25, 0.3) is 15.9 Å². The number of halogens is 1. The number of sulfonamides is 1. The van der Waals surface area contributed by atoms with E-state index in [4.69, 9.17) is 11.6 Å². The van der Waals surface area contributed by atoms with Crippen LogP contribution in [0.2, 0.25) is 5.02 Å². The average molecular weight is 513 g/mol. The molecule has 1 saturated heterocycles. The summed E-state index contributed by atoms with van der Waals surface area (Å²) in [6, 6.07) is 10.1. The molecule has 4 aromatic rings. The van der Waals surface area contributed by atoms with E-state index in [1.807, 2.05) is 0 Å². The van der Waals surface area contributed by atoms with Gasteiger partial charge >= 0.3 is 0 Å². The van der Waals surface area contributed by atoms with Gasteiger partial charge in [0.05, 0.1) is 0 Å². The third-order valence-corrected chi connectivity index (χ3v) is 8.04. The predicted molar refractivity (Wildman–Crippen MR) is 129 cm³/mol. The second kappa shape index (κ2) is 8.91. The van der Waals surface area contributed by atoms with Crippen LogP contribution in [0.1, 0.15) is 16.3 Å². The molecule has 0 saturated carbocycles. The molecule has 0 unspecified atom stereocenters. The zero-order valence-electron chi connectivity index (χ0n) is 18.7. The van der Waals surface area contributed by atoms with Crippen LogP contribution in [-0.4, -0.2) is 64.7 Å². The van der Waals surface area contributed by atoms with Crippen LogP contribution in [0, 0.1) is 12.1 Å². The lowest BCUT2D eigenvalue weighted by atomic mass is 10.1. The van der Waals surface area contributed by atoms with Crippen molar-refractivity contribution in [2.24, 2.45) is 0 Å². The average Bonchev–Trinajstić information content (AvgIpc) is 3.30. The third-order valence-electron chi connectivity index (χ3n) is 5.98. The lowest BCUT2D eigenvalue weighted by Crippen LogP contribution is -2.50. The van der Waals surface area contributed by atoms with E-state index < -0.39 is 10.0 Å². The first-order chi connectivity index (χ1) is 16.7. The quantitative estimate of drug-likeness (QED) is 0.330. The van der Waals surface area contributed by atoms with E-state index in [-0.39, 0.29) is 42.9 Å². The Labute approximate surface area is 206 Å². The van der Waals surface area contributed by atoms with Gasteiger partial charge in [-0.25, -0.2) is 18.4 Å². The fourth-order valence-corrected chi connectivity index (χ4v) is 5.61. The molecule has 0 spiro atoms. The molecule has 1 N–H and O–H groups in total. The lowest BCUT2D eigenvalue weighted by molar-refractivity contribution is -0.612.